The lowest BCUT2D eigenvalue weighted by atomic mass is 9.98. The van der Waals surface area contributed by atoms with Gasteiger partial charge in [-0.05, 0) is 47.2 Å². The first-order chi connectivity index (χ1) is 14.9. The van der Waals surface area contributed by atoms with Crippen molar-refractivity contribution in [1.82, 2.24) is 4.98 Å². The molecule has 0 amide bonds. The summed E-state index contributed by atoms with van der Waals surface area (Å²) < 4.78 is 5.28. The lowest BCUT2D eigenvalue weighted by molar-refractivity contribution is 0.0697. The van der Waals surface area contributed by atoms with E-state index in [-0.39, 0.29) is 11.4 Å². The van der Waals surface area contributed by atoms with E-state index in [1.165, 1.54) is 12.1 Å². The van der Waals surface area contributed by atoms with Gasteiger partial charge >= 0.3 is 5.97 Å². The van der Waals surface area contributed by atoms with Gasteiger partial charge in [0.15, 0.2) is 0 Å². The van der Waals surface area contributed by atoms with E-state index in [1.54, 1.807) is 25.3 Å². The van der Waals surface area contributed by atoms with E-state index in [0.717, 1.165) is 22.1 Å². The number of nitrogens with one attached hydrogen (secondary N) is 1. The molecule has 0 saturated heterocycles. The fraction of sp³-hybridized carbons (Fsp3) is 0.0417. The van der Waals surface area contributed by atoms with Crippen LogP contribution in [0.2, 0.25) is 0 Å². The molecule has 0 aliphatic heterocycles. The Balaban J connectivity index is 1.88. The minimum atomic E-state index is -1.00. The molecule has 0 bridgehead atoms. The first-order valence-electron chi connectivity index (χ1n) is 9.44. The van der Waals surface area contributed by atoms with E-state index in [0.29, 0.717) is 28.2 Å². The molecule has 0 fully saturated rings. The van der Waals surface area contributed by atoms with E-state index in [2.05, 4.69) is 0 Å². The summed E-state index contributed by atoms with van der Waals surface area (Å²) in [5.74, 6) is -0.416. The molecule has 4 aromatic rings. The third-order valence-electron chi connectivity index (χ3n) is 5.07. The molecular formula is C24H20N4O3. The van der Waals surface area contributed by atoms with E-state index in [1.807, 2.05) is 36.4 Å². The molecule has 1 heterocycles. The molecule has 0 spiro atoms. The second kappa shape index (κ2) is 7.79. The van der Waals surface area contributed by atoms with Crippen molar-refractivity contribution >= 4 is 28.3 Å². The van der Waals surface area contributed by atoms with Gasteiger partial charge in [0.25, 0.3) is 0 Å². The fourth-order valence-electron chi connectivity index (χ4n) is 3.49. The smallest absolute Gasteiger partial charge is 0.335 e. The number of carboxylic acids is 1. The van der Waals surface area contributed by atoms with Crippen LogP contribution in [0.3, 0.4) is 0 Å². The predicted molar refractivity (Wildman–Crippen MR) is 122 cm³/mol. The van der Waals surface area contributed by atoms with Gasteiger partial charge in [0, 0.05) is 16.8 Å². The summed E-state index contributed by atoms with van der Waals surface area (Å²) in [7, 11) is 1.62. The molecule has 1 aromatic heterocycles. The maximum atomic E-state index is 11.1. The Morgan fingerprint density at radius 3 is 2.26 bits per heavy atom. The van der Waals surface area contributed by atoms with Gasteiger partial charge in [-0.25, -0.2) is 9.78 Å². The Bertz CT molecular complexity index is 1330. The number of rotatable bonds is 5. The number of hydrogen-bond acceptors (Lipinski definition) is 5. The first-order valence-corrected chi connectivity index (χ1v) is 9.44. The Morgan fingerprint density at radius 2 is 1.61 bits per heavy atom. The van der Waals surface area contributed by atoms with Crippen LogP contribution >= 0.6 is 0 Å². The number of nitrogen functional groups attached to an aromatic ring is 2. The van der Waals surface area contributed by atoms with E-state index >= 15 is 0 Å². The van der Waals surface area contributed by atoms with Crippen molar-refractivity contribution in [3.8, 4) is 28.3 Å². The highest BCUT2D eigenvalue weighted by atomic mass is 16.5. The topological polar surface area (TPSA) is 135 Å². The Labute approximate surface area is 178 Å². The standard InChI is InChI=1S/C24H20N4O3/c1-31-18-9-8-15-10-17(7-6-16(15)11-18)22-21(23(26)27)19(25)12-20(28-22)13-2-4-14(5-3-13)24(29)30/h2-12H,1H3,(H2,25,28)(H3,26,27)(H,29,30). The zero-order valence-corrected chi connectivity index (χ0v) is 16.7. The van der Waals surface area contributed by atoms with Gasteiger partial charge in [0.2, 0.25) is 0 Å². The number of carboxylic acid groups (broad SMARTS) is 1. The molecule has 154 valence electrons. The van der Waals surface area contributed by atoms with Crippen molar-refractivity contribution in [2.24, 2.45) is 5.73 Å². The van der Waals surface area contributed by atoms with Gasteiger partial charge in [-0.2, -0.15) is 0 Å². The number of pyridine rings is 1. The van der Waals surface area contributed by atoms with Crippen LogP contribution in [-0.2, 0) is 0 Å². The summed E-state index contributed by atoms with van der Waals surface area (Å²) in [6.45, 7) is 0. The van der Waals surface area contributed by atoms with Crippen LogP contribution in [0.5, 0.6) is 5.75 Å². The van der Waals surface area contributed by atoms with Crippen molar-refractivity contribution in [3.05, 3.63) is 77.9 Å². The number of ether oxygens (including phenoxy) is 1. The molecule has 6 N–H and O–H groups in total. The molecule has 3 aromatic carbocycles. The highest BCUT2D eigenvalue weighted by molar-refractivity contribution is 6.06. The number of anilines is 1. The Hall–Kier alpha value is -4.39. The highest BCUT2D eigenvalue weighted by Crippen LogP contribution is 2.33. The molecule has 7 nitrogen and oxygen atoms in total. The van der Waals surface area contributed by atoms with Crippen molar-refractivity contribution in [2.45, 2.75) is 0 Å². The van der Waals surface area contributed by atoms with Crippen molar-refractivity contribution in [2.75, 3.05) is 12.8 Å². The van der Waals surface area contributed by atoms with E-state index < -0.39 is 5.97 Å². The predicted octanol–water partition coefficient (Wildman–Crippen LogP) is 4.14. The quantitative estimate of drug-likeness (QED) is 0.287. The maximum absolute atomic E-state index is 11.1. The second-order valence-corrected chi connectivity index (χ2v) is 7.04. The summed E-state index contributed by atoms with van der Waals surface area (Å²) in [4.78, 5) is 15.9. The SMILES string of the molecule is COc1ccc2cc(-c3nc(-c4ccc(C(=O)O)cc4)cc(N)c3C(=N)N)ccc2c1. The fourth-order valence-corrected chi connectivity index (χ4v) is 3.49. The average molecular weight is 412 g/mol. The zero-order chi connectivity index (χ0) is 22.1. The molecule has 0 aliphatic carbocycles. The molecule has 0 aliphatic rings. The lowest BCUT2D eigenvalue weighted by Gasteiger charge is -2.14. The minimum absolute atomic E-state index is 0.178. The van der Waals surface area contributed by atoms with Gasteiger partial charge in [0.05, 0.1) is 29.6 Å². The largest absolute Gasteiger partial charge is 0.497 e. The van der Waals surface area contributed by atoms with Crippen LogP contribution < -0.4 is 16.2 Å². The third-order valence-corrected chi connectivity index (χ3v) is 5.07. The van der Waals surface area contributed by atoms with Crippen LogP contribution in [0.15, 0.2) is 66.7 Å². The Morgan fingerprint density at radius 1 is 0.968 bits per heavy atom. The number of nitrogens with zero attached hydrogens (tertiary/aromatic N) is 1. The summed E-state index contributed by atoms with van der Waals surface area (Å²) in [5, 5.41) is 19.1. The highest BCUT2D eigenvalue weighted by Gasteiger charge is 2.17. The van der Waals surface area contributed by atoms with Crippen molar-refractivity contribution in [3.63, 3.8) is 0 Å². The molecule has 7 heteroatoms. The number of aromatic nitrogens is 1. The second-order valence-electron chi connectivity index (χ2n) is 7.04. The minimum Gasteiger partial charge on any atom is -0.497 e. The molecule has 4 rings (SSSR count). The van der Waals surface area contributed by atoms with Crippen LogP contribution in [0, 0.1) is 5.41 Å². The van der Waals surface area contributed by atoms with Crippen LogP contribution in [0.1, 0.15) is 15.9 Å². The van der Waals surface area contributed by atoms with Crippen LogP contribution in [0.25, 0.3) is 33.3 Å². The molecular weight excluding hydrogens is 392 g/mol. The van der Waals surface area contributed by atoms with Crippen LogP contribution in [0.4, 0.5) is 5.69 Å². The van der Waals surface area contributed by atoms with Gasteiger partial charge in [0.1, 0.15) is 11.6 Å². The van der Waals surface area contributed by atoms with Crippen molar-refractivity contribution < 1.29 is 14.6 Å². The number of amidine groups is 1. The maximum Gasteiger partial charge on any atom is 0.335 e. The van der Waals surface area contributed by atoms with Crippen LogP contribution in [-0.4, -0.2) is 29.0 Å². The molecule has 0 saturated carbocycles. The summed E-state index contributed by atoms with van der Waals surface area (Å²) >= 11 is 0. The molecule has 0 atom stereocenters. The zero-order valence-electron chi connectivity index (χ0n) is 16.7. The number of benzene rings is 3. The molecule has 31 heavy (non-hydrogen) atoms. The van der Waals surface area contributed by atoms with E-state index in [4.69, 9.17) is 31.7 Å². The van der Waals surface area contributed by atoms with E-state index in [9.17, 15) is 4.79 Å². The summed E-state index contributed by atoms with van der Waals surface area (Å²) in [6, 6.07) is 19.6. The number of carbonyl (C=O) groups is 1. The Kier molecular flexibility index (Phi) is 5.00. The van der Waals surface area contributed by atoms with Gasteiger partial charge in [-0.15, -0.1) is 0 Å². The molecule has 0 radical (unpaired) electrons. The van der Waals surface area contributed by atoms with Gasteiger partial charge in [-0.3, -0.25) is 5.41 Å². The normalized spacial score (nSPS) is 10.7. The first kappa shape index (κ1) is 19.9. The average Bonchev–Trinajstić information content (AvgIpc) is 2.77. The third kappa shape index (κ3) is 3.76. The summed E-state index contributed by atoms with van der Waals surface area (Å²) in [5.41, 5.74) is 15.5. The number of nitrogens with two attached hydrogens (primary N) is 2. The molecule has 0 unspecified atom stereocenters. The lowest BCUT2D eigenvalue weighted by Crippen LogP contribution is -2.16. The number of methoxy groups -OCH3 is 1. The number of hydrogen-bond donors (Lipinski definition) is 4. The summed E-state index contributed by atoms with van der Waals surface area (Å²) in [6.07, 6.45) is 0. The number of fused-ring (bicyclic) bond motifs is 1. The van der Waals surface area contributed by atoms with Gasteiger partial charge in [-0.1, -0.05) is 30.3 Å². The number of aromatic carboxylic acids is 1. The van der Waals surface area contributed by atoms with Gasteiger partial charge < -0.3 is 21.3 Å². The monoisotopic (exact) mass is 412 g/mol. The van der Waals surface area contributed by atoms with Crippen molar-refractivity contribution in [1.29, 1.82) is 5.41 Å².